The number of carbonyl (C=O) groups excluding carboxylic acids is 2. The highest BCUT2D eigenvalue weighted by Gasteiger charge is 2.12. The first-order chi connectivity index (χ1) is 11.9. The number of hydrogen-bond donors (Lipinski definition) is 1. The monoisotopic (exact) mass is 360 g/mol. The second-order valence-corrected chi connectivity index (χ2v) is 5.27. The van der Waals surface area contributed by atoms with Crippen LogP contribution in [0.15, 0.2) is 48.5 Å². The number of esters is 1. The zero-order chi connectivity index (χ0) is 18.4. The largest absolute Gasteiger partial charge is 0.465 e. The number of nitro benzene ring substituents is 1. The standard InChI is InChI=1S/C17H13ClN2O5/c1-25-17(22)12-3-2-4-13(10-12)19-16(21)8-6-11-5-7-14(18)15(9-11)20(23)24/h2-10H,1H3,(H,19,21)/b8-6+. The van der Waals surface area contributed by atoms with Gasteiger partial charge in [0.2, 0.25) is 5.91 Å². The first kappa shape index (κ1) is 18.2. The summed E-state index contributed by atoms with van der Waals surface area (Å²) >= 11 is 5.73. The molecule has 0 aliphatic heterocycles. The van der Waals surface area contributed by atoms with E-state index in [-0.39, 0.29) is 10.7 Å². The fourth-order valence-electron chi connectivity index (χ4n) is 1.97. The lowest BCUT2D eigenvalue weighted by Crippen LogP contribution is -2.09. The minimum atomic E-state index is -0.599. The average molecular weight is 361 g/mol. The minimum Gasteiger partial charge on any atom is -0.465 e. The van der Waals surface area contributed by atoms with Crippen molar-refractivity contribution in [3.63, 3.8) is 0 Å². The van der Waals surface area contributed by atoms with Crippen molar-refractivity contribution in [1.29, 1.82) is 0 Å². The predicted molar refractivity (Wildman–Crippen MR) is 93.6 cm³/mol. The molecule has 0 atom stereocenters. The maximum Gasteiger partial charge on any atom is 0.337 e. The van der Waals surface area contributed by atoms with Crippen LogP contribution < -0.4 is 5.32 Å². The Kier molecular flexibility index (Phi) is 5.86. The second kappa shape index (κ2) is 8.07. The summed E-state index contributed by atoms with van der Waals surface area (Å²) in [6, 6.07) is 10.5. The number of benzene rings is 2. The molecule has 2 aromatic carbocycles. The normalized spacial score (nSPS) is 10.5. The van der Waals surface area contributed by atoms with Crippen LogP contribution in [0, 0.1) is 10.1 Å². The highest BCUT2D eigenvalue weighted by molar-refractivity contribution is 6.32. The zero-order valence-corrected chi connectivity index (χ0v) is 13.8. The minimum absolute atomic E-state index is 0.0197. The molecular formula is C17H13ClN2O5. The maximum atomic E-state index is 11.9. The Labute approximate surface area is 148 Å². The summed E-state index contributed by atoms with van der Waals surface area (Å²) < 4.78 is 4.61. The van der Waals surface area contributed by atoms with Crippen molar-refractivity contribution in [2.24, 2.45) is 0 Å². The molecule has 0 aromatic heterocycles. The van der Waals surface area contributed by atoms with Gasteiger partial charge >= 0.3 is 5.97 Å². The highest BCUT2D eigenvalue weighted by atomic mass is 35.5. The van der Waals surface area contributed by atoms with E-state index in [0.717, 1.165) is 0 Å². The van der Waals surface area contributed by atoms with E-state index in [4.69, 9.17) is 11.6 Å². The first-order valence-electron chi connectivity index (χ1n) is 7.02. The van der Waals surface area contributed by atoms with E-state index in [1.165, 1.54) is 37.5 Å². The van der Waals surface area contributed by atoms with E-state index in [1.807, 2.05) is 0 Å². The molecule has 0 heterocycles. The molecule has 0 saturated carbocycles. The molecule has 0 unspecified atom stereocenters. The van der Waals surface area contributed by atoms with E-state index in [1.54, 1.807) is 24.3 Å². The number of nitrogens with zero attached hydrogens (tertiary/aromatic N) is 1. The lowest BCUT2D eigenvalue weighted by atomic mass is 10.2. The topological polar surface area (TPSA) is 98.5 Å². The molecule has 128 valence electrons. The third-order valence-electron chi connectivity index (χ3n) is 3.15. The lowest BCUT2D eigenvalue weighted by molar-refractivity contribution is -0.384. The Hall–Kier alpha value is -3.19. The van der Waals surface area contributed by atoms with Gasteiger partial charge in [0.1, 0.15) is 5.02 Å². The van der Waals surface area contributed by atoms with Crippen molar-refractivity contribution < 1.29 is 19.2 Å². The number of carbonyl (C=O) groups is 2. The first-order valence-corrected chi connectivity index (χ1v) is 7.40. The fourth-order valence-corrected chi connectivity index (χ4v) is 2.16. The summed E-state index contributed by atoms with van der Waals surface area (Å²) in [6.45, 7) is 0. The summed E-state index contributed by atoms with van der Waals surface area (Å²) in [7, 11) is 1.27. The molecule has 1 amide bonds. The molecule has 0 saturated heterocycles. The molecule has 0 aliphatic carbocycles. The van der Waals surface area contributed by atoms with Crippen molar-refractivity contribution in [2.45, 2.75) is 0 Å². The quantitative estimate of drug-likeness (QED) is 0.379. The van der Waals surface area contributed by atoms with E-state index < -0.39 is 16.8 Å². The van der Waals surface area contributed by atoms with Gasteiger partial charge in [-0.1, -0.05) is 23.7 Å². The third-order valence-corrected chi connectivity index (χ3v) is 3.46. The number of rotatable bonds is 5. The number of methoxy groups -OCH3 is 1. The van der Waals surface area contributed by atoms with Gasteiger partial charge in [-0.05, 0) is 35.9 Å². The summed E-state index contributed by atoms with van der Waals surface area (Å²) in [6.07, 6.45) is 2.64. The Morgan fingerprint density at radius 3 is 2.68 bits per heavy atom. The van der Waals surface area contributed by atoms with Gasteiger partial charge in [-0.15, -0.1) is 0 Å². The van der Waals surface area contributed by atoms with E-state index in [2.05, 4.69) is 10.1 Å². The molecule has 0 aliphatic rings. The van der Waals surface area contributed by atoms with Crippen LogP contribution in [0.3, 0.4) is 0 Å². The Morgan fingerprint density at radius 2 is 2.00 bits per heavy atom. The maximum absolute atomic E-state index is 11.9. The summed E-state index contributed by atoms with van der Waals surface area (Å²) in [4.78, 5) is 33.7. The van der Waals surface area contributed by atoms with Crippen LogP contribution >= 0.6 is 11.6 Å². The van der Waals surface area contributed by atoms with Crippen LogP contribution in [0.25, 0.3) is 6.08 Å². The van der Waals surface area contributed by atoms with Crippen molar-refractivity contribution in [3.8, 4) is 0 Å². The SMILES string of the molecule is COC(=O)c1cccc(NC(=O)/C=C/c2ccc(Cl)c([N+](=O)[O-])c2)c1. The van der Waals surface area contributed by atoms with E-state index in [0.29, 0.717) is 16.8 Å². The highest BCUT2D eigenvalue weighted by Crippen LogP contribution is 2.25. The van der Waals surface area contributed by atoms with Gasteiger partial charge in [-0.25, -0.2) is 4.79 Å². The molecule has 8 heteroatoms. The molecule has 0 radical (unpaired) electrons. The summed E-state index contributed by atoms with van der Waals surface area (Å²) in [5.74, 6) is -0.972. The molecule has 0 bridgehead atoms. The number of hydrogen-bond acceptors (Lipinski definition) is 5. The predicted octanol–water partition coefficient (Wildman–Crippen LogP) is 3.69. The molecule has 7 nitrogen and oxygen atoms in total. The number of amides is 1. The Bertz CT molecular complexity index is 864. The number of halogens is 1. The molecule has 0 fully saturated rings. The van der Waals surface area contributed by atoms with Gasteiger partial charge in [0, 0.05) is 17.8 Å². The average Bonchev–Trinajstić information content (AvgIpc) is 2.60. The van der Waals surface area contributed by atoms with Crippen LogP contribution in [-0.4, -0.2) is 23.9 Å². The molecule has 1 N–H and O–H groups in total. The van der Waals surface area contributed by atoms with Crippen LogP contribution in [-0.2, 0) is 9.53 Å². The van der Waals surface area contributed by atoms with Crippen LogP contribution in [0.2, 0.25) is 5.02 Å². The molecule has 25 heavy (non-hydrogen) atoms. The molecule has 2 rings (SSSR count). The summed E-state index contributed by atoms with van der Waals surface area (Å²) in [5, 5.41) is 13.5. The molecule has 2 aromatic rings. The third kappa shape index (κ3) is 4.89. The van der Waals surface area contributed by atoms with Crippen molar-refractivity contribution in [2.75, 3.05) is 12.4 Å². The Balaban J connectivity index is 2.10. The number of nitro groups is 1. The van der Waals surface area contributed by atoms with Crippen LogP contribution in [0.4, 0.5) is 11.4 Å². The second-order valence-electron chi connectivity index (χ2n) is 4.86. The van der Waals surface area contributed by atoms with Crippen molar-refractivity contribution >= 4 is 40.9 Å². The van der Waals surface area contributed by atoms with Crippen LogP contribution in [0.5, 0.6) is 0 Å². The number of anilines is 1. The molecular weight excluding hydrogens is 348 g/mol. The number of nitrogens with one attached hydrogen (secondary N) is 1. The van der Waals surface area contributed by atoms with Gasteiger partial charge in [0.05, 0.1) is 17.6 Å². The van der Waals surface area contributed by atoms with Gasteiger partial charge in [0.25, 0.3) is 5.69 Å². The van der Waals surface area contributed by atoms with Crippen LogP contribution in [0.1, 0.15) is 15.9 Å². The van der Waals surface area contributed by atoms with Gasteiger partial charge in [-0.2, -0.15) is 0 Å². The zero-order valence-electron chi connectivity index (χ0n) is 13.1. The lowest BCUT2D eigenvalue weighted by Gasteiger charge is -2.04. The van der Waals surface area contributed by atoms with E-state index >= 15 is 0 Å². The molecule has 0 spiro atoms. The van der Waals surface area contributed by atoms with Crippen molar-refractivity contribution in [1.82, 2.24) is 0 Å². The van der Waals surface area contributed by atoms with Crippen molar-refractivity contribution in [3.05, 3.63) is 74.8 Å². The summed E-state index contributed by atoms with van der Waals surface area (Å²) in [5.41, 5.74) is 0.932. The Morgan fingerprint density at radius 1 is 1.24 bits per heavy atom. The fraction of sp³-hybridized carbons (Fsp3) is 0.0588. The smallest absolute Gasteiger partial charge is 0.337 e. The van der Waals surface area contributed by atoms with Gasteiger partial charge in [-0.3, -0.25) is 14.9 Å². The van der Waals surface area contributed by atoms with Gasteiger partial charge in [0.15, 0.2) is 0 Å². The van der Waals surface area contributed by atoms with Gasteiger partial charge < -0.3 is 10.1 Å². The number of ether oxygens (including phenoxy) is 1. The van der Waals surface area contributed by atoms with E-state index in [9.17, 15) is 19.7 Å².